The van der Waals surface area contributed by atoms with Gasteiger partial charge >= 0.3 is 0 Å². The quantitative estimate of drug-likeness (QED) is 0.504. The van der Waals surface area contributed by atoms with Gasteiger partial charge in [0.15, 0.2) is 0 Å². The Labute approximate surface area is 173 Å². The summed E-state index contributed by atoms with van der Waals surface area (Å²) in [5.74, 6) is 0.899. The lowest BCUT2D eigenvalue weighted by atomic mass is 10.0. The van der Waals surface area contributed by atoms with Crippen LogP contribution in [0.25, 0.3) is 12.2 Å². The number of hydrogen-bond donors (Lipinski definition) is 2. The second-order valence-corrected chi connectivity index (χ2v) is 7.59. The number of nitrogens with zero attached hydrogens (tertiary/aromatic N) is 2. The summed E-state index contributed by atoms with van der Waals surface area (Å²) in [6.07, 6.45) is 5.08. The molecule has 2 N–H and O–H groups in total. The maximum atomic E-state index is 9.41. The standard InChI is InChI=1S/C24H32N2O3/c1-25-12-14-26(15-13-25)11-2-16-29-24-9-6-20(7-10-24)3-4-21-5-8-22(18-27)23(17-21)19-28/h3-10,17,27-28H,2,11-16,18-19H2,1H3/b4-3+. The number of aliphatic hydroxyl groups is 2. The van der Waals surface area contributed by atoms with Gasteiger partial charge in [0.25, 0.3) is 0 Å². The van der Waals surface area contributed by atoms with E-state index in [4.69, 9.17) is 4.74 Å². The second kappa shape index (κ2) is 11.1. The van der Waals surface area contributed by atoms with Crippen molar-refractivity contribution in [2.45, 2.75) is 19.6 Å². The van der Waals surface area contributed by atoms with Crippen LogP contribution in [0.3, 0.4) is 0 Å². The predicted molar refractivity (Wildman–Crippen MR) is 118 cm³/mol. The number of aliphatic hydroxyl groups excluding tert-OH is 2. The lowest BCUT2D eigenvalue weighted by Crippen LogP contribution is -2.44. The van der Waals surface area contributed by atoms with Crippen LogP contribution < -0.4 is 4.74 Å². The lowest BCUT2D eigenvalue weighted by Gasteiger charge is -2.32. The van der Waals surface area contributed by atoms with Gasteiger partial charge in [-0.3, -0.25) is 0 Å². The Bertz CT molecular complexity index is 781. The normalized spacial score (nSPS) is 15.8. The van der Waals surface area contributed by atoms with Crippen LogP contribution in [0.15, 0.2) is 42.5 Å². The molecular formula is C24H32N2O3. The highest BCUT2D eigenvalue weighted by Gasteiger charge is 2.12. The summed E-state index contributed by atoms with van der Waals surface area (Å²) in [6, 6.07) is 13.8. The summed E-state index contributed by atoms with van der Waals surface area (Å²) >= 11 is 0. The van der Waals surface area contributed by atoms with Crippen LogP contribution in [-0.2, 0) is 13.2 Å². The molecule has 0 radical (unpaired) electrons. The lowest BCUT2D eigenvalue weighted by molar-refractivity contribution is 0.145. The first kappa shape index (κ1) is 21.5. The molecule has 2 aromatic carbocycles. The summed E-state index contributed by atoms with van der Waals surface area (Å²) < 4.78 is 5.88. The van der Waals surface area contributed by atoms with Gasteiger partial charge in [-0.05, 0) is 53.9 Å². The number of likely N-dealkylation sites (N-methyl/N-ethyl adjacent to an activating group) is 1. The van der Waals surface area contributed by atoms with E-state index in [0.717, 1.165) is 73.8 Å². The molecule has 1 aliphatic heterocycles. The number of piperazine rings is 1. The summed E-state index contributed by atoms with van der Waals surface area (Å²) in [7, 11) is 2.18. The number of benzene rings is 2. The molecule has 1 aliphatic rings. The maximum absolute atomic E-state index is 9.41. The smallest absolute Gasteiger partial charge is 0.119 e. The first-order chi connectivity index (χ1) is 14.2. The number of hydrogen-bond acceptors (Lipinski definition) is 5. The largest absolute Gasteiger partial charge is 0.494 e. The van der Waals surface area contributed by atoms with Crippen molar-refractivity contribution in [1.82, 2.24) is 9.80 Å². The monoisotopic (exact) mass is 396 g/mol. The molecule has 0 aromatic heterocycles. The number of rotatable bonds is 9. The summed E-state index contributed by atoms with van der Waals surface area (Å²) in [5, 5.41) is 18.7. The van der Waals surface area contributed by atoms with Crippen LogP contribution in [-0.4, -0.2) is 66.4 Å². The molecule has 0 saturated carbocycles. The Hall–Kier alpha value is -2.18. The summed E-state index contributed by atoms with van der Waals surface area (Å²) in [4.78, 5) is 4.88. The molecule has 5 nitrogen and oxygen atoms in total. The fourth-order valence-electron chi connectivity index (χ4n) is 3.47. The molecule has 156 valence electrons. The molecule has 5 heteroatoms. The van der Waals surface area contributed by atoms with Crippen LogP contribution in [0.2, 0.25) is 0 Å². The van der Waals surface area contributed by atoms with Crippen molar-refractivity contribution < 1.29 is 14.9 Å². The third-order valence-electron chi connectivity index (χ3n) is 5.40. The molecule has 2 aromatic rings. The third kappa shape index (κ3) is 6.68. The maximum Gasteiger partial charge on any atom is 0.119 e. The molecule has 0 atom stereocenters. The topological polar surface area (TPSA) is 56.2 Å². The van der Waals surface area contributed by atoms with Crippen molar-refractivity contribution in [3.63, 3.8) is 0 Å². The summed E-state index contributed by atoms with van der Waals surface area (Å²) in [5.41, 5.74) is 3.61. The van der Waals surface area contributed by atoms with Crippen molar-refractivity contribution in [2.24, 2.45) is 0 Å². The highest BCUT2D eigenvalue weighted by atomic mass is 16.5. The third-order valence-corrected chi connectivity index (χ3v) is 5.40. The van der Waals surface area contributed by atoms with Crippen molar-refractivity contribution in [3.05, 3.63) is 64.7 Å². The van der Waals surface area contributed by atoms with Crippen LogP contribution >= 0.6 is 0 Å². The van der Waals surface area contributed by atoms with Gasteiger partial charge in [0.05, 0.1) is 19.8 Å². The van der Waals surface area contributed by atoms with E-state index in [-0.39, 0.29) is 13.2 Å². The molecule has 1 heterocycles. The van der Waals surface area contributed by atoms with Crippen molar-refractivity contribution in [2.75, 3.05) is 46.4 Å². The highest BCUT2D eigenvalue weighted by molar-refractivity contribution is 5.70. The van der Waals surface area contributed by atoms with Crippen LogP contribution in [0, 0.1) is 0 Å². The molecule has 1 saturated heterocycles. The van der Waals surface area contributed by atoms with Gasteiger partial charge in [-0.15, -0.1) is 0 Å². The van der Waals surface area contributed by atoms with Gasteiger partial charge in [-0.2, -0.15) is 0 Å². The zero-order valence-corrected chi connectivity index (χ0v) is 17.3. The minimum atomic E-state index is -0.0710. The Morgan fingerprint density at radius 2 is 1.52 bits per heavy atom. The van der Waals surface area contributed by atoms with E-state index in [1.807, 2.05) is 54.6 Å². The zero-order chi connectivity index (χ0) is 20.5. The van der Waals surface area contributed by atoms with E-state index < -0.39 is 0 Å². The second-order valence-electron chi connectivity index (χ2n) is 7.59. The zero-order valence-electron chi connectivity index (χ0n) is 17.3. The van der Waals surface area contributed by atoms with Crippen molar-refractivity contribution >= 4 is 12.2 Å². The predicted octanol–water partition coefficient (Wildman–Crippen LogP) is 2.86. The molecule has 29 heavy (non-hydrogen) atoms. The van der Waals surface area contributed by atoms with Gasteiger partial charge in [0.1, 0.15) is 5.75 Å². The van der Waals surface area contributed by atoms with Crippen LogP contribution in [0.5, 0.6) is 5.75 Å². The SMILES string of the molecule is CN1CCN(CCCOc2ccc(/C=C/c3ccc(CO)c(CO)c3)cc2)CC1. The molecule has 3 rings (SSSR count). The van der Waals surface area contributed by atoms with E-state index in [1.54, 1.807) is 0 Å². The van der Waals surface area contributed by atoms with Gasteiger partial charge in [-0.1, -0.05) is 36.4 Å². The van der Waals surface area contributed by atoms with Crippen molar-refractivity contribution in [1.29, 1.82) is 0 Å². The minimum absolute atomic E-state index is 0.0588. The minimum Gasteiger partial charge on any atom is -0.494 e. The first-order valence-corrected chi connectivity index (χ1v) is 10.3. The van der Waals surface area contributed by atoms with Gasteiger partial charge in [0, 0.05) is 32.7 Å². The molecule has 0 bridgehead atoms. The molecule has 1 fully saturated rings. The Kier molecular flexibility index (Phi) is 8.25. The van der Waals surface area contributed by atoms with Crippen molar-refractivity contribution in [3.8, 4) is 5.75 Å². The average molecular weight is 397 g/mol. The van der Waals surface area contributed by atoms with Gasteiger partial charge in [0.2, 0.25) is 0 Å². The van der Waals surface area contributed by atoms with Crippen LogP contribution in [0.1, 0.15) is 28.7 Å². The molecule has 0 amide bonds. The Morgan fingerprint density at radius 1 is 0.862 bits per heavy atom. The van der Waals surface area contributed by atoms with Crippen LogP contribution in [0.4, 0.5) is 0 Å². The molecule has 0 unspecified atom stereocenters. The fraction of sp³-hybridized carbons (Fsp3) is 0.417. The summed E-state index contributed by atoms with van der Waals surface area (Å²) in [6.45, 7) is 6.32. The van der Waals surface area contributed by atoms with Gasteiger partial charge < -0.3 is 24.7 Å². The fourth-order valence-corrected chi connectivity index (χ4v) is 3.47. The number of ether oxygens (including phenoxy) is 1. The van der Waals surface area contributed by atoms with E-state index in [2.05, 4.69) is 16.8 Å². The highest BCUT2D eigenvalue weighted by Crippen LogP contribution is 2.17. The van der Waals surface area contributed by atoms with E-state index in [0.29, 0.717) is 0 Å². The van der Waals surface area contributed by atoms with E-state index in [1.165, 1.54) is 0 Å². The molecule has 0 spiro atoms. The molecule has 0 aliphatic carbocycles. The Morgan fingerprint density at radius 3 is 2.21 bits per heavy atom. The molecular weight excluding hydrogens is 364 g/mol. The van der Waals surface area contributed by atoms with E-state index in [9.17, 15) is 10.2 Å². The average Bonchev–Trinajstić information content (AvgIpc) is 2.77. The van der Waals surface area contributed by atoms with E-state index >= 15 is 0 Å². The van der Waals surface area contributed by atoms with Gasteiger partial charge in [-0.25, -0.2) is 0 Å². The Balaban J connectivity index is 1.44. The first-order valence-electron chi connectivity index (χ1n) is 10.3.